The van der Waals surface area contributed by atoms with Gasteiger partial charge in [0.05, 0.1) is 0 Å². The van der Waals surface area contributed by atoms with Gasteiger partial charge >= 0.3 is 11.9 Å². The number of halogens is 1. The van der Waals surface area contributed by atoms with Crippen LogP contribution in [0.5, 0.6) is 0 Å². The molecule has 0 saturated carbocycles. The van der Waals surface area contributed by atoms with E-state index in [0.717, 1.165) is 0 Å². The molecule has 0 bridgehead atoms. The summed E-state index contributed by atoms with van der Waals surface area (Å²) < 4.78 is 10.3. The highest BCUT2D eigenvalue weighted by Gasteiger charge is 2.53. The van der Waals surface area contributed by atoms with Gasteiger partial charge in [0.1, 0.15) is 28.7 Å². The molecule has 0 unspecified atom stereocenters. The van der Waals surface area contributed by atoms with Crippen LogP contribution in [0.3, 0.4) is 0 Å². The molecule has 0 aromatic carbocycles. The third-order valence-corrected chi connectivity index (χ3v) is 4.94. The molecule has 1 saturated heterocycles. The number of thioether (sulfide) groups is 1. The zero-order valence-electron chi connectivity index (χ0n) is 12.8. The molecule has 0 N–H and O–H groups in total. The number of ether oxygens (including phenoxy) is 2. The summed E-state index contributed by atoms with van der Waals surface area (Å²) in [6.45, 7) is 6.48. The maximum atomic E-state index is 12.4. The number of amides is 1. The third kappa shape index (κ3) is 3.41. The molecular formula is C14H18ClNO5S. The minimum Gasteiger partial charge on any atom is -0.461 e. The molecule has 1 amide bonds. The summed E-state index contributed by atoms with van der Waals surface area (Å²) in [4.78, 5) is 36.8. The number of carbonyl (C=O) groups excluding carboxylic acids is 3. The van der Waals surface area contributed by atoms with Crippen LogP contribution in [0.15, 0.2) is 11.3 Å². The van der Waals surface area contributed by atoms with E-state index in [-0.39, 0.29) is 23.6 Å². The highest BCUT2D eigenvalue weighted by Crippen LogP contribution is 2.43. The van der Waals surface area contributed by atoms with Crippen molar-refractivity contribution < 1.29 is 23.9 Å². The van der Waals surface area contributed by atoms with Gasteiger partial charge in [-0.25, -0.2) is 4.79 Å². The lowest BCUT2D eigenvalue weighted by atomic mass is 10.1. The Balaban J connectivity index is 2.30. The molecule has 0 aliphatic carbocycles. The summed E-state index contributed by atoms with van der Waals surface area (Å²) >= 11 is 7.42. The van der Waals surface area contributed by atoms with Gasteiger partial charge < -0.3 is 9.47 Å². The predicted molar refractivity (Wildman–Crippen MR) is 82.2 cm³/mol. The normalized spacial score (nSPS) is 24.6. The van der Waals surface area contributed by atoms with Crippen LogP contribution >= 0.6 is 23.4 Å². The molecule has 22 heavy (non-hydrogen) atoms. The molecule has 8 heteroatoms. The second kappa shape index (κ2) is 6.12. The Labute approximate surface area is 138 Å². The number of hydrogen-bond donors (Lipinski definition) is 0. The zero-order valence-corrected chi connectivity index (χ0v) is 14.4. The predicted octanol–water partition coefficient (Wildman–Crippen LogP) is 1.67. The quantitative estimate of drug-likeness (QED) is 0.439. The van der Waals surface area contributed by atoms with E-state index < -0.39 is 22.9 Å². The number of fused-ring (bicyclic) bond motifs is 1. The number of esters is 2. The molecule has 0 aromatic heterocycles. The van der Waals surface area contributed by atoms with Crippen LogP contribution in [0.1, 0.15) is 27.7 Å². The smallest absolute Gasteiger partial charge is 0.355 e. The standard InChI is InChI=1S/C14H18ClNO5S/c1-7(17)20-5-8-6-22-12-9(15)11(18)16(12)10(8)13(19)21-14(2,3)4/h9,12H,5-6H2,1-4H3/t9-,12+/m1/s1. The van der Waals surface area contributed by atoms with Crippen LogP contribution in [0.4, 0.5) is 0 Å². The van der Waals surface area contributed by atoms with Crippen molar-refractivity contribution in [3.8, 4) is 0 Å². The van der Waals surface area contributed by atoms with Crippen LogP contribution in [0, 0.1) is 0 Å². The van der Waals surface area contributed by atoms with Crippen molar-refractivity contribution in [1.82, 2.24) is 4.90 Å². The first-order valence-electron chi connectivity index (χ1n) is 6.79. The van der Waals surface area contributed by atoms with Crippen molar-refractivity contribution in [3.05, 3.63) is 11.3 Å². The van der Waals surface area contributed by atoms with Crippen molar-refractivity contribution in [2.45, 2.75) is 44.0 Å². The summed E-state index contributed by atoms with van der Waals surface area (Å²) in [7, 11) is 0. The first-order chi connectivity index (χ1) is 10.1. The summed E-state index contributed by atoms with van der Waals surface area (Å²) in [5, 5.41) is -0.921. The molecule has 1 fully saturated rings. The van der Waals surface area contributed by atoms with Crippen LogP contribution in [-0.2, 0) is 23.9 Å². The Morgan fingerprint density at radius 2 is 2.05 bits per heavy atom. The van der Waals surface area contributed by atoms with Gasteiger partial charge in [-0.3, -0.25) is 14.5 Å². The van der Waals surface area contributed by atoms with E-state index in [0.29, 0.717) is 11.3 Å². The minimum absolute atomic E-state index is 0.0413. The van der Waals surface area contributed by atoms with Crippen LogP contribution in [-0.4, -0.2) is 51.5 Å². The molecule has 0 aromatic rings. The van der Waals surface area contributed by atoms with Crippen LogP contribution < -0.4 is 0 Å². The van der Waals surface area contributed by atoms with Gasteiger partial charge in [0.25, 0.3) is 0 Å². The lowest BCUT2D eigenvalue weighted by Crippen LogP contribution is -2.63. The average molecular weight is 348 g/mol. The molecule has 122 valence electrons. The molecule has 0 spiro atoms. The van der Waals surface area contributed by atoms with Gasteiger partial charge in [-0.1, -0.05) is 0 Å². The number of hydrogen-bond acceptors (Lipinski definition) is 6. The number of β-lactam (4-membered cyclic amide) rings is 1. The Kier molecular flexibility index (Phi) is 4.77. The molecule has 2 aliphatic rings. The second-order valence-electron chi connectivity index (χ2n) is 6.05. The summed E-state index contributed by atoms with van der Waals surface area (Å²) in [5.41, 5.74) is 0.0230. The molecule has 2 rings (SSSR count). The fourth-order valence-corrected chi connectivity index (χ4v) is 3.79. The van der Waals surface area contributed by atoms with E-state index in [9.17, 15) is 14.4 Å². The molecule has 2 aliphatic heterocycles. The Morgan fingerprint density at radius 1 is 1.41 bits per heavy atom. The molecule has 2 atom stereocenters. The van der Waals surface area contributed by atoms with Crippen molar-refractivity contribution >= 4 is 41.2 Å². The van der Waals surface area contributed by atoms with Gasteiger partial charge in [0, 0.05) is 18.2 Å². The monoisotopic (exact) mass is 347 g/mol. The van der Waals surface area contributed by atoms with E-state index in [1.807, 2.05) is 0 Å². The fraction of sp³-hybridized carbons (Fsp3) is 0.643. The zero-order chi connectivity index (χ0) is 16.7. The summed E-state index contributed by atoms with van der Waals surface area (Å²) in [6, 6.07) is 0. The van der Waals surface area contributed by atoms with Gasteiger partial charge in [0.2, 0.25) is 5.91 Å². The lowest BCUT2D eigenvalue weighted by molar-refractivity contribution is -0.157. The van der Waals surface area contributed by atoms with Crippen LogP contribution in [0.25, 0.3) is 0 Å². The SMILES string of the molecule is CC(=O)OCC1=C(C(=O)OC(C)(C)C)N2C(=O)[C@@H](Cl)[C@@H]2SC1. The Morgan fingerprint density at radius 3 is 2.59 bits per heavy atom. The highest BCUT2D eigenvalue weighted by molar-refractivity contribution is 8.00. The van der Waals surface area contributed by atoms with Crippen LogP contribution in [0.2, 0.25) is 0 Å². The van der Waals surface area contributed by atoms with Gasteiger partial charge in [-0.2, -0.15) is 0 Å². The molecule has 0 radical (unpaired) electrons. The molecular weight excluding hydrogens is 330 g/mol. The van der Waals surface area contributed by atoms with E-state index in [1.54, 1.807) is 20.8 Å². The van der Waals surface area contributed by atoms with E-state index in [4.69, 9.17) is 21.1 Å². The van der Waals surface area contributed by atoms with Crippen molar-refractivity contribution in [3.63, 3.8) is 0 Å². The number of nitrogens with zero attached hydrogens (tertiary/aromatic N) is 1. The Hall–Kier alpha value is -1.21. The number of rotatable bonds is 3. The summed E-state index contributed by atoms with van der Waals surface area (Å²) in [5.74, 6) is -0.926. The number of carbonyl (C=O) groups is 3. The van der Waals surface area contributed by atoms with Crippen molar-refractivity contribution in [1.29, 1.82) is 0 Å². The maximum absolute atomic E-state index is 12.4. The molecule has 6 nitrogen and oxygen atoms in total. The van der Waals surface area contributed by atoms with E-state index >= 15 is 0 Å². The topological polar surface area (TPSA) is 72.9 Å². The third-order valence-electron chi connectivity index (χ3n) is 3.02. The van der Waals surface area contributed by atoms with Crippen molar-refractivity contribution in [2.24, 2.45) is 0 Å². The highest BCUT2D eigenvalue weighted by atomic mass is 35.5. The minimum atomic E-state index is -0.689. The number of alkyl halides is 1. The first-order valence-corrected chi connectivity index (χ1v) is 8.28. The average Bonchev–Trinajstić information content (AvgIpc) is 2.41. The first kappa shape index (κ1) is 17.1. The van der Waals surface area contributed by atoms with Gasteiger partial charge in [-0.15, -0.1) is 23.4 Å². The van der Waals surface area contributed by atoms with Gasteiger partial charge in [0.15, 0.2) is 0 Å². The van der Waals surface area contributed by atoms with Gasteiger partial charge in [-0.05, 0) is 20.8 Å². The Bertz CT molecular complexity index is 554. The molecule has 2 heterocycles. The maximum Gasteiger partial charge on any atom is 0.355 e. The second-order valence-corrected chi connectivity index (χ2v) is 7.62. The van der Waals surface area contributed by atoms with E-state index in [2.05, 4.69) is 0 Å². The fourth-order valence-electron chi connectivity index (χ4n) is 2.12. The summed E-state index contributed by atoms with van der Waals surface area (Å²) in [6.07, 6.45) is 0. The lowest BCUT2D eigenvalue weighted by Gasteiger charge is -2.47. The van der Waals surface area contributed by atoms with E-state index in [1.165, 1.54) is 23.6 Å². The van der Waals surface area contributed by atoms with Crippen molar-refractivity contribution in [2.75, 3.05) is 12.4 Å². The largest absolute Gasteiger partial charge is 0.461 e.